The smallest absolute Gasteiger partial charge is 0.154 e. The molecule has 0 atom stereocenters. The zero-order valence-electron chi connectivity index (χ0n) is 10.9. The van der Waals surface area contributed by atoms with Crippen molar-refractivity contribution in [1.82, 2.24) is 4.98 Å². The number of aromatic nitrogens is 1. The van der Waals surface area contributed by atoms with Gasteiger partial charge in [0.15, 0.2) is 5.76 Å². The molecule has 3 nitrogen and oxygen atoms in total. The summed E-state index contributed by atoms with van der Waals surface area (Å²) in [6.07, 6.45) is 0.868. The number of para-hydroxylation sites is 1. The zero-order chi connectivity index (χ0) is 14.1. The van der Waals surface area contributed by atoms with Gasteiger partial charge in [0.1, 0.15) is 16.3 Å². The van der Waals surface area contributed by atoms with Crippen molar-refractivity contribution in [1.29, 1.82) is 5.26 Å². The first-order valence-corrected chi connectivity index (χ1v) is 6.79. The third-order valence-corrected chi connectivity index (χ3v) is 3.65. The van der Waals surface area contributed by atoms with E-state index in [9.17, 15) is 0 Å². The van der Waals surface area contributed by atoms with Gasteiger partial charge < -0.3 is 9.40 Å². The van der Waals surface area contributed by atoms with Gasteiger partial charge in [0, 0.05) is 10.9 Å². The molecule has 3 rings (SSSR count). The lowest BCUT2D eigenvalue weighted by Gasteiger charge is -2.01. The minimum atomic E-state index is 0.438. The zero-order valence-corrected chi connectivity index (χ0v) is 11.8. The lowest BCUT2D eigenvalue weighted by molar-refractivity contribution is 0.624. The fraction of sp³-hybridized carbons (Fsp3) is 0.125. The lowest BCUT2D eigenvalue weighted by atomic mass is 10.1. The van der Waals surface area contributed by atoms with Crippen LogP contribution < -0.4 is 0 Å². The number of pyridine rings is 1. The second kappa shape index (κ2) is 4.95. The van der Waals surface area contributed by atoms with E-state index >= 15 is 0 Å². The monoisotopic (exact) mass is 280 g/mol. The van der Waals surface area contributed by atoms with Crippen LogP contribution in [-0.2, 0) is 6.42 Å². The summed E-state index contributed by atoms with van der Waals surface area (Å²) >= 11 is 5.18. The van der Waals surface area contributed by atoms with Crippen LogP contribution in [0.4, 0.5) is 0 Å². The maximum Gasteiger partial charge on any atom is 0.154 e. The van der Waals surface area contributed by atoms with E-state index in [0.29, 0.717) is 10.2 Å². The van der Waals surface area contributed by atoms with Crippen LogP contribution >= 0.6 is 12.2 Å². The van der Waals surface area contributed by atoms with Crippen molar-refractivity contribution in [2.45, 2.75) is 13.3 Å². The fourth-order valence-electron chi connectivity index (χ4n) is 2.36. The van der Waals surface area contributed by atoms with Gasteiger partial charge in [0.25, 0.3) is 0 Å². The van der Waals surface area contributed by atoms with Gasteiger partial charge in [-0.25, -0.2) is 0 Å². The highest BCUT2D eigenvalue weighted by Gasteiger charge is 2.14. The predicted molar refractivity (Wildman–Crippen MR) is 80.9 cm³/mol. The number of rotatable bonds is 2. The van der Waals surface area contributed by atoms with Crippen molar-refractivity contribution in [3.05, 3.63) is 52.2 Å². The second-order valence-electron chi connectivity index (χ2n) is 4.49. The van der Waals surface area contributed by atoms with Gasteiger partial charge in [-0.05, 0) is 24.6 Å². The van der Waals surface area contributed by atoms with Crippen LogP contribution in [0.25, 0.3) is 22.4 Å². The molecule has 0 fully saturated rings. The third-order valence-electron chi connectivity index (χ3n) is 3.33. The molecule has 0 bridgehead atoms. The van der Waals surface area contributed by atoms with Gasteiger partial charge in [-0.1, -0.05) is 37.3 Å². The molecular formula is C16H12N2OS. The van der Waals surface area contributed by atoms with Crippen LogP contribution in [-0.4, -0.2) is 4.98 Å². The number of fused-ring (bicyclic) bond motifs is 1. The molecule has 0 saturated heterocycles. The molecule has 2 heterocycles. The Bertz CT molecular complexity index is 883. The first-order chi connectivity index (χ1) is 9.74. The molecule has 0 aliphatic rings. The molecule has 1 aromatic carbocycles. The molecule has 3 aromatic rings. The van der Waals surface area contributed by atoms with Gasteiger partial charge in [-0.3, -0.25) is 0 Å². The number of hydrogen-bond acceptors (Lipinski definition) is 3. The molecule has 1 N–H and O–H groups in total. The Kier molecular flexibility index (Phi) is 3.13. The van der Waals surface area contributed by atoms with Crippen molar-refractivity contribution in [3.63, 3.8) is 0 Å². The Hall–Kier alpha value is -2.38. The largest absolute Gasteiger partial charge is 0.454 e. The van der Waals surface area contributed by atoms with Crippen molar-refractivity contribution >= 4 is 23.2 Å². The summed E-state index contributed by atoms with van der Waals surface area (Å²) in [7, 11) is 0. The van der Waals surface area contributed by atoms with Gasteiger partial charge in [0.2, 0.25) is 0 Å². The first-order valence-electron chi connectivity index (χ1n) is 6.38. The maximum atomic E-state index is 8.93. The first kappa shape index (κ1) is 12.6. The number of nitrogens with one attached hydrogen (secondary N) is 1. The number of furan rings is 1. The molecule has 0 unspecified atom stereocenters. The van der Waals surface area contributed by atoms with E-state index in [2.05, 4.69) is 24.0 Å². The highest BCUT2D eigenvalue weighted by atomic mass is 32.1. The minimum Gasteiger partial charge on any atom is -0.454 e. The fourth-order valence-corrected chi connectivity index (χ4v) is 2.59. The average molecular weight is 280 g/mol. The highest BCUT2D eigenvalue weighted by molar-refractivity contribution is 7.71. The Morgan fingerprint density at radius 2 is 2.05 bits per heavy atom. The molecule has 20 heavy (non-hydrogen) atoms. The molecule has 0 amide bonds. The topological polar surface area (TPSA) is 52.7 Å². The number of aryl methyl sites for hydroxylation is 1. The number of hydrogen-bond donors (Lipinski definition) is 1. The van der Waals surface area contributed by atoms with E-state index < -0.39 is 0 Å². The Labute approximate surface area is 121 Å². The lowest BCUT2D eigenvalue weighted by Crippen LogP contribution is -1.89. The number of nitriles is 1. The van der Waals surface area contributed by atoms with Crippen molar-refractivity contribution < 1.29 is 4.42 Å². The normalized spacial score (nSPS) is 10.6. The SMILES string of the molecule is CCc1c(-c2ccc(C#N)c(=S)[nH]2)oc2ccccc12. The summed E-state index contributed by atoms with van der Waals surface area (Å²) in [6, 6.07) is 13.6. The molecule has 98 valence electrons. The van der Waals surface area contributed by atoms with Crippen molar-refractivity contribution in [3.8, 4) is 17.5 Å². The van der Waals surface area contributed by atoms with Gasteiger partial charge >= 0.3 is 0 Å². The Balaban J connectivity index is 2.27. The molecule has 4 heteroatoms. The minimum absolute atomic E-state index is 0.438. The van der Waals surface area contributed by atoms with Crippen LogP contribution in [0.15, 0.2) is 40.8 Å². The van der Waals surface area contributed by atoms with E-state index in [0.717, 1.165) is 34.4 Å². The molecule has 0 spiro atoms. The van der Waals surface area contributed by atoms with Crippen LogP contribution in [0.2, 0.25) is 0 Å². The van der Waals surface area contributed by atoms with E-state index in [4.69, 9.17) is 21.9 Å². The third kappa shape index (κ3) is 1.93. The molecule has 0 radical (unpaired) electrons. The van der Waals surface area contributed by atoms with E-state index in [-0.39, 0.29) is 0 Å². The Morgan fingerprint density at radius 1 is 1.25 bits per heavy atom. The number of nitrogens with zero attached hydrogens (tertiary/aromatic N) is 1. The number of H-pyrrole nitrogens is 1. The summed E-state index contributed by atoms with van der Waals surface area (Å²) in [6.45, 7) is 2.10. The summed E-state index contributed by atoms with van der Waals surface area (Å²) in [5, 5.41) is 10.1. The summed E-state index contributed by atoms with van der Waals surface area (Å²) in [4.78, 5) is 3.08. The average Bonchev–Trinajstić information content (AvgIpc) is 2.85. The maximum absolute atomic E-state index is 8.93. The van der Waals surface area contributed by atoms with Crippen molar-refractivity contribution in [2.24, 2.45) is 0 Å². The Morgan fingerprint density at radius 3 is 2.75 bits per heavy atom. The molecule has 0 saturated carbocycles. The molecule has 2 aromatic heterocycles. The van der Waals surface area contributed by atoms with Gasteiger partial charge in [-0.2, -0.15) is 5.26 Å². The quantitative estimate of drug-likeness (QED) is 0.698. The molecular weight excluding hydrogens is 268 g/mol. The van der Waals surface area contributed by atoms with Crippen LogP contribution in [0.1, 0.15) is 18.1 Å². The second-order valence-corrected chi connectivity index (χ2v) is 4.89. The predicted octanol–water partition coefficient (Wildman–Crippen LogP) is 4.59. The molecule has 0 aliphatic heterocycles. The van der Waals surface area contributed by atoms with E-state index in [1.54, 1.807) is 6.07 Å². The van der Waals surface area contributed by atoms with Crippen LogP contribution in [0.3, 0.4) is 0 Å². The number of benzene rings is 1. The summed E-state index contributed by atoms with van der Waals surface area (Å²) < 4.78 is 6.38. The highest BCUT2D eigenvalue weighted by Crippen LogP contribution is 2.33. The van der Waals surface area contributed by atoms with Crippen LogP contribution in [0, 0.1) is 16.0 Å². The van der Waals surface area contributed by atoms with Gasteiger partial charge in [-0.15, -0.1) is 0 Å². The van der Waals surface area contributed by atoms with E-state index in [1.165, 1.54) is 0 Å². The van der Waals surface area contributed by atoms with Crippen LogP contribution in [0.5, 0.6) is 0 Å². The number of aromatic amines is 1. The van der Waals surface area contributed by atoms with Gasteiger partial charge in [0.05, 0.1) is 11.3 Å². The van der Waals surface area contributed by atoms with E-state index in [1.807, 2.05) is 24.3 Å². The summed E-state index contributed by atoms with van der Waals surface area (Å²) in [5.74, 6) is 0.796. The van der Waals surface area contributed by atoms with Crippen molar-refractivity contribution in [2.75, 3.05) is 0 Å². The standard InChI is InChI=1S/C16H12N2OS/c1-2-11-12-5-3-4-6-14(12)19-15(11)13-8-7-10(9-17)16(20)18-13/h3-8H,2H2,1H3,(H,18,20). The molecule has 0 aliphatic carbocycles. The summed E-state index contributed by atoms with van der Waals surface area (Å²) in [5.41, 5.74) is 3.29.